The van der Waals surface area contributed by atoms with Crippen molar-refractivity contribution in [2.45, 2.75) is 26.5 Å². The molecule has 1 heterocycles. The average molecular weight is 351 g/mol. The average Bonchev–Trinajstić information content (AvgIpc) is 2.49. The Bertz CT molecular complexity index is 483. The fourth-order valence-corrected chi connectivity index (χ4v) is 3.05. The van der Waals surface area contributed by atoms with Gasteiger partial charge in [-0.05, 0) is 6.07 Å². The van der Waals surface area contributed by atoms with E-state index in [9.17, 15) is 13.9 Å². The standard InChI is InChI=1S/C16H24F2N2O2.ClH/c1-16(2,11-21)14(20-9-7-19-8-10-20)12-5-3-4-6-13(12)22-15(17)18;/h3-6,14-15,19,21H,7-11H2,1-2H3;1H/t14-;/m1./s1. The summed E-state index contributed by atoms with van der Waals surface area (Å²) in [7, 11) is 0. The summed E-state index contributed by atoms with van der Waals surface area (Å²) >= 11 is 0. The van der Waals surface area contributed by atoms with Gasteiger partial charge >= 0.3 is 6.61 Å². The molecule has 7 heteroatoms. The largest absolute Gasteiger partial charge is 0.434 e. The summed E-state index contributed by atoms with van der Waals surface area (Å²) in [6.45, 7) is 4.28. The molecule has 1 aliphatic rings. The van der Waals surface area contributed by atoms with Crippen LogP contribution in [0.3, 0.4) is 0 Å². The number of aliphatic hydroxyl groups excluding tert-OH is 1. The fraction of sp³-hybridized carbons (Fsp3) is 0.625. The normalized spacial score (nSPS) is 17.7. The number of nitrogens with zero attached hydrogens (tertiary/aromatic N) is 1. The lowest BCUT2D eigenvalue weighted by atomic mass is 9.79. The molecule has 0 radical (unpaired) electrons. The monoisotopic (exact) mass is 350 g/mol. The third-order valence-corrected chi connectivity index (χ3v) is 4.09. The Morgan fingerprint density at radius 3 is 2.43 bits per heavy atom. The molecule has 0 aliphatic carbocycles. The molecule has 1 atom stereocenters. The Balaban J connectivity index is 0.00000264. The molecule has 2 N–H and O–H groups in total. The van der Waals surface area contributed by atoms with E-state index in [-0.39, 0.29) is 30.8 Å². The summed E-state index contributed by atoms with van der Waals surface area (Å²) in [4.78, 5) is 2.22. The molecule has 23 heavy (non-hydrogen) atoms. The van der Waals surface area contributed by atoms with E-state index in [2.05, 4.69) is 10.2 Å². The topological polar surface area (TPSA) is 44.7 Å². The van der Waals surface area contributed by atoms with Crippen LogP contribution in [0.2, 0.25) is 0 Å². The van der Waals surface area contributed by atoms with E-state index in [0.717, 1.165) is 26.2 Å². The van der Waals surface area contributed by atoms with E-state index >= 15 is 0 Å². The van der Waals surface area contributed by atoms with Crippen molar-refractivity contribution in [3.8, 4) is 5.75 Å². The quantitative estimate of drug-likeness (QED) is 0.828. The molecule has 1 aromatic rings. The molecular weight excluding hydrogens is 326 g/mol. The van der Waals surface area contributed by atoms with Crippen molar-refractivity contribution in [2.24, 2.45) is 5.41 Å². The van der Waals surface area contributed by atoms with E-state index in [1.165, 1.54) is 0 Å². The first kappa shape index (κ1) is 20.1. The maximum absolute atomic E-state index is 12.7. The number of alkyl halides is 2. The van der Waals surface area contributed by atoms with Crippen LogP contribution in [0.5, 0.6) is 5.75 Å². The molecule has 0 bridgehead atoms. The minimum atomic E-state index is -2.86. The summed E-state index contributed by atoms with van der Waals surface area (Å²) < 4.78 is 30.1. The van der Waals surface area contributed by atoms with Gasteiger partial charge in [0.15, 0.2) is 0 Å². The Kier molecular flexibility index (Phi) is 7.67. The van der Waals surface area contributed by atoms with Gasteiger partial charge in [0.05, 0.1) is 0 Å². The van der Waals surface area contributed by atoms with Crippen LogP contribution in [0.4, 0.5) is 8.78 Å². The lowest BCUT2D eigenvalue weighted by Gasteiger charge is -2.43. The number of aliphatic hydroxyl groups is 1. The Labute approximate surface area is 142 Å². The van der Waals surface area contributed by atoms with Crippen molar-refractivity contribution in [2.75, 3.05) is 32.8 Å². The molecule has 0 spiro atoms. The van der Waals surface area contributed by atoms with Gasteiger partial charge in [0, 0.05) is 49.8 Å². The van der Waals surface area contributed by atoms with Crippen LogP contribution in [0, 0.1) is 5.41 Å². The maximum Gasteiger partial charge on any atom is 0.387 e. The number of ether oxygens (including phenoxy) is 1. The van der Waals surface area contributed by atoms with Gasteiger partial charge in [-0.1, -0.05) is 32.0 Å². The number of nitrogens with one attached hydrogen (secondary N) is 1. The molecule has 0 aromatic heterocycles. The predicted octanol–water partition coefficient (Wildman–Crippen LogP) is 2.67. The third-order valence-electron chi connectivity index (χ3n) is 4.09. The van der Waals surface area contributed by atoms with Crippen molar-refractivity contribution in [3.63, 3.8) is 0 Å². The molecule has 4 nitrogen and oxygen atoms in total. The van der Waals surface area contributed by atoms with Crippen LogP contribution in [-0.4, -0.2) is 49.4 Å². The maximum atomic E-state index is 12.7. The van der Waals surface area contributed by atoms with Gasteiger partial charge < -0.3 is 15.2 Å². The highest BCUT2D eigenvalue weighted by molar-refractivity contribution is 5.85. The zero-order valence-electron chi connectivity index (χ0n) is 13.5. The summed E-state index contributed by atoms with van der Waals surface area (Å²) in [5.41, 5.74) is 0.225. The smallest absolute Gasteiger partial charge is 0.387 e. The van der Waals surface area contributed by atoms with E-state index in [1.54, 1.807) is 12.1 Å². The number of rotatable bonds is 6. The minimum Gasteiger partial charge on any atom is -0.434 e. The van der Waals surface area contributed by atoms with E-state index in [0.29, 0.717) is 5.56 Å². The van der Waals surface area contributed by atoms with Crippen LogP contribution in [-0.2, 0) is 0 Å². The van der Waals surface area contributed by atoms with Gasteiger partial charge in [-0.15, -0.1) is 12.4 Å². The van der Waals surface area contributed by atoms with Gasteiger partial charge in [-0.3, -0.25) is 4.90 Å². The molecule has 1 aromatic carbocycles. The molecule has 1 saturated heterocycles. The molecule has 0 saturated carbocycles. The minimum absolute atomic E-state index is 0. The lowest BCUT2D eigenvalue weighted by molar-refractivity contribution is -0.0530. The van der Waals surface area contributed by atoms with E-state index < -0.39 is 12.0 Å². The number of hydrogen-bond donors (Lipinski definition) is 2. The molecule has 132 valence electrons. The molecule has 0 unspecified atom stereocenters. The van der Waals surface area contributed by atoms with Gasteiger partial charge in [-0.25, -0.2) is 0 Å². The highest BCUT2D eigenvalue weighted by Crippen LogP contribution is 2.42. The van der Waals surface area contributed by atoms with Gasteiger partial charge in [0.1, 0.15) is 5.75 Å². The summed E-state index contributed by atoms with van der Waals surface area (Å²) in [5, 5.41) is 13.1. The first-order chi connectivity index (χ1) is 10.5. The SMILES string of the molecule is CC(C)(CO)[C@@H](c1ccccc1OC(F)F)N1CCNCC1.Cl. The van der Waals surface area contributed by atoms with E-state index in [4.69, 9.17) is 4.74 Å². The lowest BCUT2D eigenvalue weighted by Crippen LogP contribution is -2.49. The van der Waals surface area contributed by atoms with Crippen molar-refractivity contribution < 1.29 is 18.6 Å². The third kappa shape index (κ3) is 5.01. The highest BCUT2D eigenvalue weighted by Gasteiger charge is 2.37. The second kappa shape index (κ2) is 8.78. The second-order valence-electron chi connectivity index (χ2n) is 6.25. The zero-order valence-corrected chi connectivity index (χ0v) is 14.3. The Morgan fingerprint density at radius 2 is 1.87 bits per heavy atom. The summed E-state index contributed by atoms with van der Waals surface area (Å²) in [5.74, 6) is 0.183. The Hall–Kier alpha value is -0.950. The van der Waals surface area contributed by atoms with Crippen LogP contribution in [0.25, 0.3) is 0 Å². The van der Waals surface area contributed by atoms with Gasteiger partial charge in [-0.2, -0.15) is 8.78 Å². The van der Waals surface area contributed by atoms with Crippen LogP contribution in [0.1, 0.15) is 25.5 Å². The van der Waals surface area contributed by atoms with E-state index in [1.807, 2.05) is 26.0 Å². The summed E-state index contributed by atoms with van der Waals surface area (Å²) in [6.07, 6.45) is 0. The number of piperazine rings is 1. The Morgan fingerprint density at radius 1 is 1.26 bits per heavy atom. The molecule has 0 amide bonds. The number of hydrogen-bond acceptors (Lipinski definition) is 4. The molecule has 2 rings (SSSR count). The fourth-order valence-electron chi connectivity index (χ4n) is 3.05. The summed E-state index contributed by atoms with van der Waals surface area (Å²) in [6, 6.07) is 6.68. The highest BCUT2D eigenvalue weighted by atomic mass is 35.5. The first-order valence-electron chi connectivity index (χ1n) is 7.55. The van der Waals surface area contributed by atoms with Crippen LogP contribution in [0.15, 0.2) is 24.3 Å². The molecular formula is C16H25ClF2N2O2. The van der Waals surface area contributed by atoms with Crippen molar-refractivity contribution >= 4 is 12.4 Å². The van der Waals surface area contributed by atoms with Gasteiger partial charge in [0.25, 0.3) is 0 Å². The van der Waals surface area contributed by atoms with Crippen LogP contribution < -0.4 is 10.1 Å². The van der Waals surface area contributed by atoms with Crippen molar-refractivity contribution in [1.29, 1.82) is 0 Å². The predicted molar refractivity (Wildman–Crippen MR) is 88.4 cm³/mol. The number of benzene rings is 1. The number of halogens is 3. The number of para-hydroxylation sites is 1. The molecule has 1 aliphatic heterocycles. The second-order valence-corrected chi connectivity index (χ2v) is 6.25. The van der Waals surface area contributed by atoms with Gasteiger partial charge in [0.2, 0.25) is 0 Å². The van der Waals surface area contributed by atoms with Crippen LogP contribution >= 0.6 is 12.4 Å². The molecule has 1 fully saturated rings. The van der Waals surface area contributed by atoms with Crippen molar-refractivity contribution in [3.05, 3.63) is 29.8 Å². The first-order valence-corrected chi connectivity index (χ1v) is 7.55. The zero-order chi connectivity index (χ0) is 16.2. The van der Waals surface area contributed by atoms with Crippen molar-refractivity contribution in [1.82, 2.24) is 10.2 Å².